The monoisotopic (exact) mass is 306 g/mol. The topological polar surface area (TPSA) is 79.9 Å². The number of imidazole rings is 1. The van der Waals surface area contributed by atoms with Crippen molar-refractivity contribution in [2.75, 3.05) is 13.2 Å². The third kappa shape index (κ3) is 2.64. The first-order chi connectivity index (χ1) is 10.1. The zero-order chi connectivity index (χ0) is 14.9. The largest absolute Gasteiger partial charge is 0.378 e. The fraction of sp³-hybridized carbons (Fsp3) is 0.357. The van der Waals surface area contributed by atoms with Gasteiger partial charge in [0.25, 0.3) is 5.91 Å². The number of halogens is 1. The first-order valence-corrected chi connectivity index (χ1v) is 7.00. The van der Waals surface area contributed by atoms with Crippen LogP contribution < -0.4 is 5.32 Å². The molecule has 21 heavy (non-hydrogen) atoms. The number of ether oxygens (including phenoxy) is 1. The number of rotatable bonds is 3. The van der Waals surface area contributed by atoms with E-state index in [0.717, 1.165) is 5.69 Å². The Kier molecular flexibility index (Phi) is 3.65. The SMILES string of the molecule is Cc1cnc(C2(NC(=O)c3ccncc3Cl)CCOC2)[nH]1. The van der Waals surface area contributed by atoms with Crippen molar-refractivity contribution < 1.29 is 9.53 Å². The van der Waals surface area contributed by atoms with E-state index in [0.29, 0.717) is 36.0 Å². The maximum Gasteiger partial charge on any atom is 0.253 e. The lowest BCUT2D eigenvalue weighted by atomic mass is 9.97. The molecule has 0 aliphatic carbocycles. The van der Waals surface area contributed by atoms with Gasteiger partial charge in [0.1, 0.15) is 11.4 Å². The average molecular weight is 307 g/mol. The van der Waals surface area contributed by atoms with Crippen LogP contribution in [0, 0.1) is 6.92 Å². The van der Waals surface area contributed by atoms with E-state index in [1.165, 1.54) is 12.4 Å². The van der Waals surface area contributed by atoms with Crippen molar-refractivity contribution in [2.45, 2.75) is 18.9 Å². The predicted molar refractivity (Wildman–Crippen MR) is 77.2 cm³/mol. The molecule has 1 aliphatic heterocycles. The third-order valence-corrected chi connectivity index (χ3v) is 3.85. The number of carbonyl (C=O) groups is 1. The van der Waals surface area contributed by atoms with Gasteiger partial charge < -0.3 is 15.0 Å². The summed E-state index contributed by atoms with van der Waals surface area (Å²) in [4.78, 5) is 23.9. The van der Waals surface area contributed by atoms with Crippen LogP contribution in [0.15, 0.2) is 24.7 Å². The average Bonchev–Trinajstić information content (AvgIpc) is 3.09. The summed E-state index contributed by atoms with van der Waals surface area (Å²) in [5, 5.41) is 3.33. The molecule has 2 N–H and O–H groups in total. The highest BCUT2D eigenvalue weighted by molar-refractivity contribution is 6.33. The molecule has 3 heterocycles. The first kappa shape index (κ1) is 14.0. The second kappa shape index (κ2) is 5.46. The van der Waals surface area contributed by atoms with E-state index in [9.17, 15) is 4.79 Å². The summed E-state index contributed by atoms with van der Waals surface area (Å²) >= 11 is 6.02. The molecule has 2 aromatic heterocycles. The molecule has 0 bridgehead atoms. The molecule has 1 fully saturated rings. The second-order valence-corrected chi connectivity index (χ2v) is 5.52. The van der Waals surface area contributed by atoms with Gasteiger partial charge in [-0.25, -0.2) is 4.98 Å². The molecule has 1 atom stereocenters. The number of nitrogens with one attached hydrogen (secondary N) is 2. The highest BCUT2D eigenvalue weighted by atomic mass is 35.5. The van der Waals surface area contributed by atoms with Crippen LogP contribution >= 0.6 is 11.6 Å². The second-order valence-electron chi connectivity index (χ2n) is 5.11. The fourth-order valence-electron chi connectivity index (χ4n) is 2.41. The van der Waals surface area contributed by atoms with Crippen LogP contribution in [0.4, 0.5) is 0 Å². The van der Waals surface area contributed by atoms with Gasteiger partial charge in [-0.3, -0.25) is 9.78 Å². The van der Waals surface area contributed by atoms with Crippen molar-refractivity contribution >= 4 is 17.5 Å². The van der Waals surface area contributed by atoms with Gasteiger partial charge in [0.15, 0.2) is 0 Å². The number of carbonyl (C=O) groups excluding carboxylic acids is 1. The highest BCUT2D eigenvalue weighted by Gasteiger charge is 2.41. The number of hydrogen-bond acceptors (Lipinski definition) is 4. The molecule has 0 radical (unpaired) electrons. The minimum absolute atomic E-state index is 0.262. The maximum atomic E-state index is 12.5. The van der Waals surface area contributed by atoms with Gasteiger partial charge in [-0.1, -0.05) is 11.6 Å². The van der Waals surface area contributed by atoms with Crippen LogP contribution in [0.2, 0.25) is 5.02 Å². The van der Waals surface area contributed by atoms with Crippen LogP contribution in [0.5, 0.6) is 0 Å². The number of hydrogen-bond donors (Lipinski definition) is 2. The van der Waals surface area contributed by atoms with Crippen molar-refractivity contribution in [1.29, 1.82) is 0 Å². The van der Waals surface area contributed by atoms with Crippen LogP contribution in [0.25, 0.3) is 0 Å². The molecular formula is C14H15ClN4O2. The summed E-state index contributed by atoms with van der Waals surface area (Å²) < 4.78 is 5.47. The van der Waals surface area contributed by atoms with Gasteiger partial charge in [-0.05, 0) is 13.0 Å². The summed E-state index contributed by atoms with van der Waals surface area (Å²) in [5.74, 6) is 0.443. The summed E-state index contributed by atoms with van der Waals surface area (Å²) in [7, 11) is 0. The molecule has 1 saturated heterocycles. The molecular weight excluding hydrogens is 292 g/mol. The van der Waals surface area contributed by atoms with Crippen LogP contribution in [0.3, 0.4) is 0 Å². The maximum absolute atomic E-state index is 12.5. The molecule has 0 saturated carbocycles. The molecule has 0 spiro atoms. The minimum Gasteiger partial charge on any atom is -0.378 e. The summed E-state index contributed by atoms with van der Waals surface area (Å²) in [6, 6.07) is 1.59. The van der Waals surface area contributed by atoms with Crippen LogP contribution in [-0.2, 0) is 10.3 Å². The van der Waals surface area contributed by atoms with E-state index in [4.69, 9.17) is 16.3 Å². The van der Waals surface area contributed by atoms with Crippen molar-refractivity contribution in [1.82, 2.24) is 20.3 Å². The normalized spacial score (nSPS) is 21.4. The molecule has 110 valence electrons. The zero-order valence-corrected chi connectivity index (χ0v) is 12.3. The lowest BCUT2D eigenvalue weighted by Crippen LogP contribution is -2.47. The fourth-order valence-corrected chi connectivity index (χ4v) is 2.61. The highest BCUT2D eigenvalue weighted by Crippen LogP contribution is 2.29. The van der Waals surface area contributed by atoms with Gasteiger partial charge in [-0.2, -0.15) is 0 Å². The Morgan fingerprint density at radius 2 is 2.38 bits per heavy atom. The molecule has 2 aromatic rings. The van der Waals surface area contributed by atoms with Crippen molar-refractivity contribution in [2.24, 2.45) is 0 Å². The number of amides is 1. The lowest BCUT2D eigenvalue weighted by Gasteiger charge is -2.26. The number of aromatic nitrogens is 3. The number of aryl methyl sites for hydroxylation is 1. The molecule has 1 aliphatic rings. The quantitative estimate of drug-likeness (QED) is 0.906. The number of pyridine rings is 1. The zero-order valence-electron chi connectivity index (χ0n) is 11.5. The molecule has 1 amide bonds. The molecule has 1 unspecified atom stereocenters. The standard InChI is InChI=1S/C14H15ClN4O2/c1-9-6-17-13(18-9)14(3-5-21-8-14)19-12(20)10-2-4-16-7-11(10)15/h2,4,6-7H,3,5,8H2,1H3,(H,17,18)(H,19,20). The van der Waals surface area contributed by atoms with Crippen molar-refractivity contribution in [3.63, 3.8) is 0 Å². The summed E-state index contributed by atoms with van der Waals surface area (Å²) in [6.45, 7) is 2.88. The number of aromatic amines is 1. The molecule has 0 aromatic carbocycles. The Bertz CT molecular complexity index is 664. The van der Waals surface area contributed by atoms with Gasteiger partial charge in [0.05, 0.1) is 17.2 Å². The molecule has 3 rings (SSSR count). The van der Waals surface area contributed by atoms with Crippen LogP contribution in [0.1, 0.15) is 28.3 Å². The van der Waals surface area contributed by atoms with Crippen LogP contribution in [-0.4, -0.2) is 34.1 Å². The van der Waals surface area contributed by atoms with E-state index in [1.807, 2.05) is 6.92 Å². The summed E-state index contributed by atoms with van der Waals surface area (Å²) in [6.07, 6.45) is 5.39. The van der Waals surface area contributed by atoms with E-state index >= 15 is 0 Å². The van der Waals surface area contributed by atoms with Gasteiger partial charge in [0, 0.05) is 37.3 Å². The van der Waals surface area contributed by atoms with E-state index in [2.05, 4.69) is 20.3 Å². The Balaban J connectivity index is 1.90. The predicted octanol–water partition coefficient (Wildman–Crippen LogP) is 1.81. The Morgan fingerprint density at radius 1 is 1.52 bits per heavy atom. The summed E-state index contributed by atoms with van der Waals surface area (Å²) in [5.41, 5.74) is 0.687. The van der Waals surface area contributed by atoms with E-state index in [1.54, 1.807) is 12.3 Å². The van der Waals surface area contributed by atoms with E-state index in [-0.39, 0.29) is 5.91 Å². The van der Waals surface area contributed by atoms with E-state index < -0.39 is 5.54 Å². The first-order valence-electron chi connectivity index (χ1n) is 6.63. The minimum atomic E-state index is -0.641. The van der Waals surface area contributed by atoms with Crippen molar-refractivity contribution in [3.05, 3.63) is 46.8 Å². The Labute approximate surface area is 126 Å². The van der Waals surface area contributed by atoms with Gasteiger partial charge in [0.2, 0.25) is 0 Å². The Hall–Kier alpha value is -1.92. The number of H-pyrrole nitrogens is 1. The molecule has 6 nitrogen and oxygen atoms in total. The molecule has 7 heteroatoms. The Morgan fingerprint density at radius 3 is 3.00 bits per heavy atom. The van der Waals surface area contributed by atoms with Gasteiger partial charge in [-0.15, -0.1) is 0 Å². The smallest absolute Gasteiger partial charge is 0.253 e. The number of nitrogens with zero attached hydrogens (tertiary/aromatic N) is 2. The van der Waals surface area contributed by atoms with Gasteiger partial charge >= 0.3 is 0 Å². The van der Waals surface area contributed by atoms with Crippen molar-refractivity contribution in [3.8, 4) is 0 Å². The lowest BCUT2D eigenvalue weighted by molar-refractivity contribution is 0.0869. The third-order valence-electron chi connectivity index (χ3n) is 3.55.